The summed E-state index contributed by atoms with van der Waals surface area (Å²) in [6.07, 6.45) is 10.6. The highest BCUT2D eigenvalue weighted by Crippen LogP contribution is 2.09. The molecular formula is C12H12O2S. The molecule has 0 N–H and O–H groups in total. The summed E-state index contributed by atoms with van der Waals surface area (Å²) in [5.41, 5.74) is 0. The van der Waals surface area contributed by atoms with E-state index in [1.54, 1.807) is 23.5 Å². The summed E-state index contributed by atoms with van der Waals surface area (Å²) in [6.45, 7) is 0. The van der Waals surface area contributed by atoms with Gasteiger partial charge in [-0.15, -0.1) is 11.3 Å². The van der Waals surface area contributed by atoms with Crippen LogP contribution in [-0.4, -0.2) is 13.1 Å². The molecule has 2 nitrogen and oxygen atoms in total. The number of esters is 1. The molecule has 0 atom stereocenters. The first-order chi connectivity index (χ1) is 7.33. The molecule has 0 amide bonds. The number of methoxy groups -OCH3 is 1. The number of rotatable bonds is 4. The Morgan fingerprint density at radius 1 is 1.33 bits per heavy atom. The van der Waals surface area contributed by atoms with Crippen molar-refractivity contribution in [3.8, 4) is 0 Å². The molecule has 0 aliphatic heterocycles. The van der Waals surface area contributed by atoms with Crippen LogP contribution in [0.15, 0.2) is 47.9 Å². The molecule has 78 valence electrons. The van der Waals surface area contributed by atoms with Crippen LogP contribution in [0.2, 0.25) is 0 Å². The molecule has 3 heteroatoms. The highest BCUT2D eigenvalue weighted by atomic mass is 32.1. The van der Waals surface area contributed by atoms with Crippen LogP contribution in [0.5, 0.6) is 0 Å². The maximum atomic E-state index is 10.7. The Labute approximate surface area is 93.2 Å². The highest BCUT2D eigenvalue weighted by Gasteiger charge is 1.86. The van der Waals surface area contributed by atoms with Crippen molar-refractivity contribution >= 4 is 23.4 Å². The second-order valence-electron chi connectivity index (χ2n) is 2.64. The average molecular weight is 220 g/mol. The lowest BCUT2D eigenvalue weighted by molar-refractivity contribution is -0.134. The molecule has 0 bridgehead atoms. The Morgan fingerprint density at radius 2 is 2.13 bits per heavy atom. The van der Waals surface area contributed by atoms with Crippen LogP contribution in [0.25, 0.3) is 6.08 Å². The second-order valence-corrected chi connectivity index (χ2v) is 3.62. The summed E-state index contributed by atoms with van der Waals surface area (Å²) in [6, 6.07) is 4.05. The smallest absolute Gasteiger partial charge is 0.330 e. The molecule has 1 aromatic rings. The number of hydrogen-bond acceptors (Lipinski definition) is 3. The van der Waals surface area contributed by atoms with Gasteiger partial charge in [-0.3, -0.25) is 0 Å². The summed E-state index contributed by atoms with van der Waals surface area (Å²) in [4.78, 5) is 11.9. The fraction of sp³-hybridized carbons (Fsp3) is 0.0833. The molecule has 1 rings (SSSR count). The third kappa shape index (κ3) is 4.98. The third-order valence-electron chi connectivity index (χ3n) is 1.57. The van der Waals surface area contributed by atoms with E-state index < -0.39 is 0 Å². The molecular weight excluding hydrogens is 208 g/mol. The van der Waals surface area contributed by atoms with Gasteiger partial charge in [0.2, 0.25) is 0 Å². The summed E-state index contributed by atoms with van der Waals surface area (Å²) in [5.74, 6) is -0.345. The second kappa shape index (κ2) is 6.79. The first-order valence-electron chi connectivity index (χ1n) is 4.46. The van der Waals surface area contributed by atoms with Crippen LogP contribution in [0.3, 0.4) is 0 Å². The topological polar surface area (TPSA) is 26.3 Å². The molecule has 0 unspecified atom stereocenters. The maximum absolute atomic E-state index is 10.7. The Hall–Kier alpha value is -1.61. The zero-order valence-corrected chi connectivity index (χ0v) is 9.24. The molecule has 0 aliphatic rings. The van der Waals surface area contributed by atoms with Crippen molar-refractivity contribution in [1.29, 1.82) is 0 Å². The number of hydrogen-bond donors (Lipinski definition) is 0. The molecule has 0 spiro atoms. The molecule has 15 heavy (non-hydrogen) atoms. The van der Waals surface area contributed by atoms with E-state index in [1.807, 2.05) is 35.7 Å². The van der Waals surface area contributed by atoms with Crippen molar-refractivity contribution < 1.29 is 9.53 Å². The lowest BCUT2D eigenvalue weighted by atomic mass is 10.3. The Kier molecular flexibility index (Phi) is 5.19. The lowest BCUT2D eigenvalue weighted by Crippen LogP contribution is -1.92. The molecule has 0 aliphatic carbocycles. The fourth-order valence-electron chi connectivity index (χ4n) is 0.867. The van der Waals surface area contributed by atoms with Crippen LogP contribution in [-0.2, 0) is 9.53 Å². The Morgan fingerprint density at radius 3 is 2.80 bits per heavy atom. The molecule has 0 saturated heterocycles. The van der Waals surface area contributed by atoms with Gasteiger partial charge in [0.25, 0.3) is 0 Å². The Balaban J connectivity index is 2.34. The van der Waals surface area contributed by atoms with E-state index in [-0.39, 0.29) is 5.97 Å². The van der Waals surface area contributed by atoms with Crippen LogP contribution >= 0.6 is 11.3 Å². The minimum absolute atomic E-state index is 0.345. The van der Waals surface area contributed by atoms with E-state index in [0.717, 1.165) is 0 Å². The first kappa shape index (κ1) is 11.5. The van der Waals surface area contributed by atoms with Crippen molar-refractivity contribution in [3.05, 3.63) is 52.8 Å². The SMILES string of the molecule is COC(=O)/C=C/C=C/C=C/c1cccs1. The van der Waals surface area contributed by atoms with Crippen LogP contribution < -0.4 is 0 Å². The molecule has 0 radical (unpaired) electrons. The van der Waals surface area contributed by atoms with Crippen molar-refractivity contribution in [2.45, 2.75) is 0 Å². The number of thiophene rings is 1. The van der Waals surface area contributed by atoms with Gasteiger partial charge in [-0.1, -0.05) is 30.4 Å². The van der Waals surface area contributed by atoms with Crippen molar-refractivity contribution in [3.63, 3.8) is 0 Å². The summed E-state index contributed by atoms with van der Waals surface area (Å²) in [5, 5.41) is 2.03. The van der Waals surface area contributed by atoms with Crippen molar-refractivity contribution in [2.24, 2.45) is 0 Å². The predicted octanol–water partition coefficient (Wildman–Crippen LogP) is 3.05. The van der Waals surface area contributed by atoms with E-state index >= 15 is 0 Å². The normalized spacial score (nSPS) is 11.8. The fourth-order valence-corrected chi connectivity index (χ4v) is 1.50. The van der Waals surface area contributed by atoms with E-state index in [1.165, 1.54) is 18.1 Å². The first-order valence-corrected chi connectivity index (χ1v) is 5.34. The monoisotopic (exact) mass is 220 g/mol. The van der Waals surface area contributed by atoms with E-state index in [0.29, 0.717) is 0 Å². The standard InChI is InChI=1S/C12H12O2S/c1-14-12(13)9-5-3-2-4-7-11-8-6-10-15-11/h2-10H,1H3/b3-2+,7-4+,9-5+. The van der Waals surface area contributed by atoms with E-state index in [9.17, 15) is 4.79 Å². The van der Waals surface area contributed by atoms with E-state index in [2.05, 4.69) is 4.74 Å². The predicted molar refractivity (Wildman–Crippen MR) is 63.6 cm³/mol. The number of carbonyl (C=O) groups excluding carboxylic acids is 1. The van der Waals surface area contributed by atoms with Gasteiger partial charge in [0.1, 0.15) is 0 Å². The largest absolute Gasteiger partial charge is 0.466 e. The molecule has 1 aromatic heterocycles. The minimum atomic E-state index is -0.345. The Bertz CT molecular complexity index is 372. The summed E-state index contributed by atoms with van der Waals surface area (Å²) in [7, 11) is 1.35. The van der Waals surface area contributed by atoms with Gasteiger partial charge in [0.15, 0.2) is 0 Å². The van der Waals surface area contributed by atoms with Gasteiger partial charge >= 0.3 is 5.97 Å². The van der Waals surface area contributed by atoms with Gasteiger partial charge in [0.05, 0.1) is 7.11 Å². The number of allylic oxidation sites excluding steroid dienone is 4. The molecule has 0 aromatic carbocycles. The van der Waals surface area contributed by atoms with Crippen LogP contribution in [0.1, 0.15) is 4.88 Å². The van der Waals surface area contributed by atoms with Crippen LogP contribution in [0, 0.1) is 0 Å². The lowest BCUT2D eigenvalue weighted by Gasteiger charge is -1.85. The number of ether oxygens (including phenoxy) is 1. The third-order valence-corrected chi connectivity index (χ3v) is 2.41. The van der Waals surface area contributed by atoms with Gasteiger partial charge in [-0.25, -0.2) is 4.79 Å². The molecule has 0 saturated carbocycles. The highest BCUT2D eigenvalue weighted by molar-refractivity contribution is 7.10. The van der Waals surface area contributed by atoms with Crippen LogP contribution in [0.4, 0.5) is 0 Å². The molecule has 1 heterocycles. The molecule has 0 fully saturated rings. The summed E-state index contributed by atoms with van der Waals surface area (Å²) >= 11 is 1.68. The van der Waals surface area contributed by atoms with Crippen molar-refractivity contribution in [2.75, 3.05) is 7.11 Å². The van der Waals surface area contributed by atoms with Gasteiger partial charge in [0, 0.05) is 11.0 Å². The maximum Gasteiger partial charge on any atom is 0.330 e. The van der Waals surface area contributed by atoms with Crippen molar-refractivity contribution in [1.82, 2.24) is 0 Å². The summed E-state index contributed by atoms with van der Waals surface area (Å²) < 4.78 is 4.44. The minimum Gasteiger partial charge on any atom is -0.466 e. The average Bonchev–Trinajstić information content (AvgIpc) is 2.75. The van der Waals surface area contributed by atoms with Gasteiger partial charge in [-0.2, -0.15) is 0 Å². The zero-order chi connectivity index (χ0) is 10.9. The quantitative estimate of drug-likeness (QED) is 0.443. The zero-order valence-electron chi connectivity index (χ0n) is 8.42. The number of carbonyl (C=O) groups is 1. The van der Waals surface area contributed by atoms with Gasteiger partial charge in [-0.05, 0) is 17.5 Å². The van der Waals surface area contributed by atoms with E-state index in [4.69, 9.17) is 0 Å². The van der Waals surface area contributed by atoms with Gasteiger partial charge < -0.3 is 4.74 Å².